The summed E-state index contributed by atoms with van der Waals surface area (Å²) in [5.74, 6) is -0.634. The van der Waals surface area contributed by atoms with Gasteiger partial charge in [-0.2, -0.15) is 0 Å². The minimum atomic E-state index is -0.634. The van der Waals surface area contributed by atoms with Crippen molar-refractivity contribution in [1.82, 2.24) is 0 Å². The van der Waals surface area contributed by atoms with Crippen LogP contribution in [-0.4, -0.2) is 23.4 Å². The third kappa shape index (κ3) is 2.13. The van der Waals surface area contributed by atoms with E-state index >= 15 is 0 Å². The summed E-state index contributed by atoms with van der Waals surface area (Å²) < 4.78 is 11.6. The number of alkyl halides is 2. The molecule has 82 valence electrons. The molecule has 1 aromatic rings. The molecular weight excluding hydrogens is 324 g/mol. The summed E-state index contributed by atoms with van der Waals surface area (Å²) in [5, 5.41) is 0.780. The van der Waals surface area contributed by atoms with E-state index in [0.29, 0.717) is 13.2 Å². The van der Waals surface area contributed by atoms with Crippen molar-refractivity contribution in [3.63, 3.8) is 0 Å². The van der Waals surface area contributed by atoms with Gasteiger partial charge >= 0.3 is 0 Å². The molecule has 15 heavy (non-hydrogen) atoms. The van der Waals surface area contributed by atoms with Crippen molar-refractivity contribution >= 4 is 31.9 Å². The summed E-state index contributed by atoms with van der Waals surface area (Å²) in [4.78, 5) is 0.106. The molecule has 0 amide bonds. The Morgan fingerprint density at radius 3 is 2.33 bits per heavy atom. The maximum atomic E-state index is 5.78. The zero-order chi connectivity index (χ0) is 10.7. The van der Waals surface area contributed by atoms with Crippen molar-refractivity contribution in [2.75, 3.05) is 18.5 Å². The van der Waals surface area contributed by atoms with E-state index in [-0.39, 0.29) is 4.83 Å². The van der Waals surface area contributed by atoms with E-state index in [4.69, 9.17) is 9.47 Å². The van der Waals surface area contributed by atoms with Gasteiger partial charge < -0.3 is 9.47 Å². The normalized spacial score (nSPS) is 21.5. The highest BCUT2D eigenvalue weighted by atomic mass is 79.9. The second-order valence-electron chi connectivity index (χ2n) is 3.35. The van der Waals surface area contributed by atoms with E-state index in [1.165, 1.54) is 0 Å². The molecule has 0 N–H and O–H groups in total. The van der Waals surface area contributed by atoms with E-state index in [1.807, 2.05) is 30.3 Å². The molecule has 4 heteroatoms. The predicted molar refractivity (Wildman–Crippen MR) is 66.5 cm³/mol. The lowest BCUT2D eigenvalue weighted by molar-refractivity contribution is -0.160. The van der Waals surface area contributed by atoms with Crippen LogP contribution in [0.15, 0.2) is 30.3 Å². The van der Waals surface area contributed by atoms with E-state index < -0.39 is 5.79 Å². The fourth-order valence-corrected chi connectivity index (χ4v) is 2.68. The summed E-state index contributed by atoms with van der Waals surface area (Å²) in [6.45, 7) is 1.29. The average Bonchev–Trinajstić information content (AvgIpc) is 2.79. The summed E-state index contributed by atoms with van der Waals surface area (Å²) in [6, 6.07) is 10.0. The van der Waals surface area contributed by atoms with Gasteiger partial charge in [0.15, 0.2) is 0 Å². The monoisotopic (exact) mass is 334 g/mol. The van der Waals surface area contributed by atoms with Crippen molar-refractivity contribution < 1.29 is 9.47 Å². The highest BCUT2D eigenvalue weighted by Crippen LogP contribution is 2.39. The van der Waals surface area contributed by atoms with Crippen LogP contribution in [0.25, 0.3) is 0 Å². The molecule has 2 rings (SSSR count). The van der Waals surface area contributed by atoms with Crippen LogP contribution in [0.2, 0.25) is 0 Å². The van der Waals surface area contributed by atoms with Crippen molar-refractivity contribution in [3.05, 3.63) is 35.9 Å². The smallest absolute Gasteiger partial charge is 0.208 e. The molecule has 0 saturated carbocycles. The van der Waals surface area contributed by atoms with E-state index in [0.717, 1.165) is 10.9 Å². The van der Waals surface area contributed by atoms with Gasteiger partial charge in [-0.1, -0.05) is 62.2 Å². The van der Waals surface area contributed by atoms with E-state index in [9.17, 15) is 0 Å². The van der Waals surface area contributed by atoms with Gasteiger partial charge in [0.1, 0.15) is 0 Å². The lowest BCUT2D eigenvalue weighted by atomic mass is 10.0. The fraction of sp³-hybridized carbons (Fsp3) is 0.455. The molecule has 1 atom stereocenters. The van der Waals surface area contributed by atoms with Gasteiger partial charge in [0.25, 0.3) is 0 Å². The van der Waals surface area contributed by atoms with Crippen LogP contribution in [0, 0.1) is 0 Å². The first-order chi connectivity index (χ1) is 7.29. The first-order valence-corrected chi connectivity index (χ1v) is 6.87. The van der Waals surface area contributed by atoms with Crippen molar-refractivity contribution in [2.45, 2.75) is 10.6 Å². The zero-order valence-corrected chi connectivity index (χ0v) is 11.3. The molecule has 1 fully saturated rings. The average molecular weight is 336 g/mol. The Morgan fingerprint density at radius 2 is 1.80 bits per heavy atom. The van der Waals surface area contributed by atoms with Crippen LogP contribution < -0.4 is 0 Å². The zero-order valence-electron chi connectivity index (χ0n) is 8.16. The molecule has 0 bridgehead atoms. The van der Waals surface area contributed by atoms with Gasteiger partial charge in [0.05, 0.1) is 18.0 Å². The number of benzene rings is 1. The van der Waals surface area contributed by atoms with Crippen molar-refractivity contribution in [2.24, 2.45) is 0 Å². The number of hydrogen-bond donors (Lipinski definition) is 0. The summed E-state index contributed by atoms with van der Waals surface area (Å²) >= 11 is 7.05. The lowest BCUT2D eigenvalue weighted by Gasteiger charge is -2.31. The molecule has 0 aromatic heterocycles. The Labute approximate surface area is 106 Å². The highest BCUT2D eigenvalue weighted by Gasteiger charge is 2.44. The quantitative estimate of drug-likeness (QED) is 0.790. The molecule has 0 spiro atoms. The molecular formula is C11H12Br2O2. The molecule has 1 aliphatic rings. The molecule has 0 radical (unpaired) electrons. The van der Waals surface area contributed by atoms with Crippen molar-refractivity contribution in [1.29, 1.82) is 0 Å². The van der Waals surface area contributed by atoms with Gasteiger partial charge in [0.2, 0.25) is 5.79 Å². The Morgan fingerprint density at radius 1 is 1.20 bits per heavy atom. The van der Waals surface area contributed by atoms with E-state index in [1.54, 1.807) is 0 Å². The topological polar surface area (TPSA) is 18.5 Å². The van der Waals surface area contributed by atoms with E-state index in [2.05, 4.69) is 31.9 Å². The first-order valence-electron chi connectivity index (χ1n) is 4.83. The highest BCUT2D eigenvalue weighted by molar-refractivity contribution is 9.12. The van der Waals surface area contributed by atoms with Crippen LogP contribution in [0.5, 0.6) is 0 Å². The van der Waals surface area contributed by atoms with Crippen LogP contribution in [-0.2, 0) is 15.3 Å². The molecule has 2 nitrogen and oxygen atoms in total. The SMILES string of the molecule is BrCC(Br)C1(c2ccccc2)OCCO1. The molecule has 1 saturated heterocycles. The number of hydrogen-bond acceptors (Lipinski definition) is 2. The molecule has 1 heterocycles. The largest absolute Gasteiger partial charge is 0.343 e. The maximum absolute atomic E-state index is 5.78. The Hall–Kier alpha value is 0.1000. The maximum Gasteiger partial charge on any atom is 0.208 e. The Kier molecular flexibility index (Phi) is 3.83. The van der Waals surface area contributed by atoms with Gasteiger partial charge in [0, 0.05) is 10.9 Å². The van der Waals surface area contributed by atoms with Gasteiger partial charge in [-0.05, 0) is 0 Å². The molecule has 1 unspecified atom stereocenters. The second-order valence-corrected chi connectivity index (χ2v) is 5.11. The first kappa shape index (κ1) is 11.6. The lowest BCUT2D eigenvalue weighted by Crippen LogP contribution is -2.38. The van der Waals surface area contributed by atoms with Crippen LogP contribution in [0.3, 0.4) is 0 Å². The van der Waals surface area contributed by atoms with Crippen LogP contribution >= 0.6 is 31.9 Å². The van der Waals surface area contributed by atoms with Gasteiger partial charge in [-0.3, -0.25) is 0 Å². The summed E-state index contributed by atoms with van der Waals surface area (Å²) in [7, 11) is 0. The second kappa shape index (κ2) is 4.95. The van der Waals surface area contributed by atoms with Gasteiger partial charge in [-0.15, -0.1) is 0 Å². The third-order valence-electron chi connectivity index (χ3n) is 2.44. The Balaban J connectivity index is 2.35. The van der Waals surface area contributed by atoms with Gasteiger partial charge in [-0.25, -0.2) is 0 Å². The third-order valence-corrected chi connectivity index (χ3v) is 4.88. The number of rotatable bonds is 3. The Bertz CT molecular complexity index is 310. The van der Waals surface area contributed by atoms with Crippen molar-refractivity contribution in [3.8, 4) is 0 Å². The molecule has 1 aromatic carbocycles. The standard InChI is InChI=1S/C11H12Br2O2/c12-8-10(13)11(14-6-7-15-11)9-4-2-1-3-5-9/h1-5,10H,6-8H2. The number of halogens is 2. The molecule has 1 aliphatic heterocycles. The predicted octanol–water partition coefficient (Wildman–Crippen LogP) is 3.04. The molecule has 0 aliphatic carbocycles. The van der Waals surface area contributed by atoms with Crippen LogP contribution in [0.1, 0.15) is 5.56 Å². The summed E-state index contributed by atoms with van der Waals surface area (Å²) in [5.41, 5.74) is 1.06. The minimum Gasteiger partial charge on any atom is -0.343 e. The summed E-state index contributed by atoms with van der Waals surface area (Å²) in [6.07, 6.45) is 0. The van der Waals surface area contributed by atoms with Crippen LogP contribution in [0.4, 0.5) is 0 Å². The number of ether oxygens (including phenoxy) is 2. The fourth-order valence-electron chi connectivity index (χ4n) is 1.73. The minimum absolute atomic E-state index is 0.106.